The topological polar surface area (TPSA) is 24.7 Å². The van der Waals surface area contributed by atoms with Gasteiger partial charge in [-0.2, -0.15) is 0 Å². The molecule has 0 aromatic heterocycles. The van der Waals surface area contributed by atoms with Crippen molar-refractivity contribution in [3.8, 4) is 0 Å². The van der Waals surface area contributed by atoms with Crippen molar-refractivity contribution in [3.63, 3.8) is 0 Å². The zero-order chi connectivity index (χ0) is 9.84. The molecular formula is C10H11ClN2. The van der Waals surface area contributed by atoms with Gasteiger partial charge in [0.05, 0.1) is 5.69 Å². The Bertz CT molecular complexity index is 356. The minimum atomic E-state index is 0.686. The quantitative estimate of drug-likeness (QED) is 0.647. The Hall–Kier alpha value is -1.15. The van der Waals surface area contributed by atoms with Gasteiger partial charge in [-0.15, -0.1) is 0 Å². The molecule has 1 rings (SSSR count). The molecule has 0 aliphatic heterocycles. The normalized spacial score (nSPS) is 11.5. The Balaban J connectivity index is 3.31. The molecule has 0 fully saturated rings. The van der Waals surface area contributed by atoms with E-state index in [1.54, 1.807) is 13.1 Å². The van der Waals surface area contributed by atoms with Crippen molar-refractivity contribution in [1.29, 1.82) is 0 Å². The molecule has 0 amide bonds. The third-order valence-electron chi connectivity index (χ3n) is 1.85. The molecule has 13 heavy (non-hydrogen) atoms. The minimum Gasteiger partial charge on any atom is -0.293 e. The van der Waals surface area contributed by atoms with E-state index in [2.05, 4.69) is 16.7 Å². The van der Waals surface area contributed by atoms with Gasteiger partial charge in [0.15, 0.2) is 0 Å². The van der Waals surface area contributed by atoms with Gasteiger partial charge in [-0.05, 0) is 31.8 Å². The summed E-state index contributed by atoms with van der Waals surface area (Å²) in [6.07, 6.45) is 0. The van der Waals surface area contributed by atoms with Crippen LogP contribution >= 0.6 is 11.6 Å². The third kappa shape index (κ3) is 2.16. The van der Waals surface area contributed by atoms with Crippen molar-refractivity contribution in [1.82, 2.24) is 0 Å². The summed E-state index contributed by atoms with van der Waals surface area (Å²) in [6, 6.07) is 5.46. The fourth-order valence-electron chi connectivity index (χ4n) is 1.06. The number of nitrogens with zero attached hydrogens (tertiary/aromatic N) is 2. The summed E-state index contributed by atoms with van der Waals surface area (Å²) >= 11 is 5.86. The first-order valence-electron chi connectivity index (χ1n) is 3.89. The lowest BCUT2D eigenvalue weighted by molar-refractivity contribution is 1.40. The molecule has 0 saturated carbocycles. The second kappa shape index (κ2) is 4.19. The van der Waals surface area contributed by atoms with E-state index in [-0.39, 0.29) is 0 Å². The molecule has 3 heteroatoms. The average Bonchev–Trinajstić information content (AvgIpc) is 2.16. The van der Waals surface area contributed by atoms with Crippen LogP contribution in [0.1, 0.15) is 12.5 Å². The van der Waals surface area contributed by atoms with Gasteiger partial charge in [-0.1, -0.05) is 11.6 Å². The van der Waals surface area contributed by atoms with Crippen LogP contribution in [0.2, 0.25) is 5.02 Å². The van der Waals surface area contributed by atoms with Gasteiger partial charge in [-0.25, -0.2) is 0 Å². The van der Waals surface area contributed by atoms with Crippen LogP contribution in [0.4, 0.5) is 5.69 Å². The van der Waals surface area contributed by atoms with Crippen molar-refractivity contribution in [2.24, 2.45) is 9.98 Å². The lowest BCUT2D eigenvalue weighted by atomic mass is 10.1. The van der Waals surface area contributed by atoms with Crippen molar-refractivity contribution < 1.29 is 0 Å². The van der Waals surface area contributed by atoms with Gasteiger partial charge >= 0.3 is 0 Å². The fourth-order valence-corrected chi connectivity index (χ4v) is 1.23. The Morgan fingerprint density at radius 2 is 2.15 bits per heavy atom. The van der Waals surface area contributed by atoms with Crippen LogP contribution in [0.5, 0.6) is 0 Å². The molecule has 0 aliphatic carbocycles. The molecule has 0 atom stereocenters. The van der Waals surface area contributed by atoms with E-state index in [9.17, 15) is 0 Å². The van der Waals surface area contributed by atoms with Gasteiger partial charge in [0, 0.05) is 23.3 Å². The summed E-state index contributed by atoms with van der Waals surface area (Å²) in [5, 5.41) is 0.686. The largest absolute Gasteiger partial charge is 0.293 e. The molecule has 0 unspecified atom stereocenters. The monoisotopic (exact) mass is 194 g/mol. The van der Waals surface area contributed by atoms with Crippen molar-refractivity contribution >= 4 is 29.7 Å². The predicted octanol–water partition coefficient (Wildman–Crippen LogP) is 3.11. The molecule has 0 heterocycles. The highest BCUT2D eigenvalue weighted by atomic mass is 35.5. The fraction of sp³-hybridized carbons (Fsp3) is 0.200. The Labute approximate surface area is 83.0 Å². The van der Waals surface area contributed by atoms with Gasteiger partial charge in [0.1, 0.15) is 0 Å². The van der Waals surface area contributed by atoms with E-state index in [0.717, 1.165) is 17.0 Å². The zero-order valence-electron chi connectivity index (χ0n) is 7.71. The molecule has 0 aliphatic rings. The molecule has 0 N–H and O–H groups in total. The number of halogens is 1. The van der Waals surface area contributed by atoms with Gasteiger partial charge in [0.2, 0.25) is 0 Å². The van der Waals surface area contributed by atoms with Gasteiger partial charge in [0.25, 0.3) is 0 Å². The summed E-state index contributed by atoms with van der Waals surface area (Å²) in [5.74, 6) is 0. The molecule has 0 saturated heterocycles. The number of hydrogen-bond acceptors (Lipinski definition) is 2. The van der Waals surface area contributed by atoms with Crippen LogP contribution in [-0.4, -0.2) is 19.5 Å². The number of benzene rings is 1. The summed E-state index contributed by atoms with van der Waals surface area (Å²) < 4.78 is 0. The van der Waals surface area contributed by atoms with Gasteiger partial charge in [-0.3, -0.25) is 9.98 Å². The second-order valence-corrected chi connectivity index (χ2v) is 3.07. The Morgan fingerprint density at radius 1 is 1.46 bits per heavy atom. The van der Waals surface area contributed by atoms with E-state index in [1.165, 1.54) is 0 Å². The molecular weight excluding hydrogens is 184 g/mol. The first-order valence-corrected chi connectivity index (χ1v) is 4.27. The Kier molecular flexibility index (Phi) is 3.20. The molecule has 1 aromatic carbocycles. The summed E-state index contributed by atoms with van der Waals surface area (Å²) in [4.78, 5) is 7.97. The third-order valence-corrected chi connectivity index (χ3v) is 2.09. The predicted molar refractivity (Wildman–Crippen MR) is 58.8 cm³/mol. The standard InChI is InChI=1S/C10H11ClN2/c1-7(12-2)9-6-8(11)4-5-10(9)13-3/h4-6H,3H2,1-2H3. The summed E-state index contributed by atoms with van der Waals surface area (Å²) in [6.45, 7) is 5.41. The minimum absolute atomic E-state index is 0.686. The highest BCUT2D eigenvalue weighted by molar-refractivity contribution is 6.31. The number of aliphatic imine (C=N–C) groups is 2. The summed E-state index contributed by atoms with van der Waals surface area (Å²) in [5.41, 5.74) is 2.66. The van der Waals surface area contributed by atoms with Crippen LogP contribution in [0.3, 0.4) is 0 Å². The van der Waals surface area contributed by atoms with Crippen LogP contribution in [-0.2, 0) is 0 Å². The maximum Gasteiger partial charge on any atom is 0.0713 e. The van der Waals surface area contributed by atoms with E-state index < -0.39 is 0 Å². The van der Waals surface area contributed by atoms with E-state index in [0.29, 0.717) is 5.02 Å². The first kappa shape index (κ1) is 9.93. The van der Waals surface area contributed by atoms with Crippen LogP contribution < -0.4 is 0 Å². The second-order valence-electron chi connectivity index (χ2n) is 2.63. The molecule has 0 spiro atoms. The lowest BCUT2D eigenvalue weighted by Crippen LogP contribution is -1.94. The summed E-state index contributed by atoms with van der Waals surface area (Å²) in [7, 11) is 1.74. The van der Waals surface area contributed by atoms with Crippen LogP contribution in [0, 0.1) is 0 Å². The molecule has 1 aromatic rings. The number of rotatable bonds is 2. The number of hydrogen-bond donors (Lipinski definition) is 0. The molecule has 0 radical (unpaired) electrons. The first-order chi connectivity index (χ1) is 6.19. The van der Waals surface area contributed by atoms with Crippen LogP contribution in [0.15, 0.2) is 28.2 Å². The maximum absolute atomic E-state index is 5.86. The lowest BCUT2D eigenvalue weighted by Gasteiger charge is -2.04. The molecule has 2 nitrogen and oxygen atoms in total. The molecule has 68 valence electrons. The Morgan fingerprint density at radius 3 is 2.69 bits per heavy atom. The van der Waals surface area contributed by atoms with Crippen LogP contribution in [0.25, 0.3) is 0 Å². The maximum atomic E-state index is 5.86. The highest BCUT2D eigenvalue weighted by Crippen LogP contribution is 2.23. The zero-order valence-corrected chi connectivity index (χ0v) is 8.47. The van der Waals surface area contributed by atoms with E-state index in [1.807, 2.05) is 19.1 Å². The SMILES string of the molecule is C=Nc1ccc(Cl)cc1C(C)=NC. The van der Waals surface area contributed by atoms with Crippen molar-refractivity contribution in [2.45, 2.75) is 6.92 Å². The average molecular weight is 195 g/mol. The van der Waals surface area contributed by atoms with Crippen molar-refractivity contribution in [3.05, 3.63) is 28.8 Å². The molecule has 0 bridgehead atoms. The smallest absolute Gasteiger partial charge is 0.0713 e. The highest BCUT2D eigenvalue weighted by Gasteiger charge is 2.03. The van der Waals surface area contributed by atoms with Gasteiger partial charge < -0.3 is 0 Å². The van der Waals surface area contributed by atoms with E-state index >= 15 is 0 Å². The van der Waals surface area contributed by atoms with E-state index in [4.69, 9.17) is 11.6 Å². The van der Waals surface area contributed by atoms with Crippen molar-refractivity contribution in [2.75, 3.05) is 7.05 Å².